The monoisotopic (exact) mass is 444 g/mol. The predicted molar refractivity (Wildman–Crippen MR) is 61.1 cm³/mol. The number of allylic oxidation sites excluding steroid dienone is 4. The van der Waals surface area contributed by atoms with Gasteiger partial charge in [0, 0.05) is 6.04 Å². The molecule has 1 aliphatic rings. The molecule has 0 saturated carbocycles. The average molecular weight is 445 g/mol. The minimum atomic E-state index is -6.13. The van der Waals surface area contributed by atoms with E-state index in [9.17, 15) is 36.6 Å². The van der Waals surface area contributed by atoms with E-state index in [1.165, 1.54) is 25.7 Å². The third kappa shape index (κ3) is 8.61. The van der Waals surface area contributed by atoms with E-state index in [0.717, 1.165) is 0 Å². The zero-order valence-electron chi connectivity index (χ0n) is 11.9. The molecular formula is C13H16Cu2F6O2. The molecular weight excluding hydrogens is 429 g/mol. The molecule has 0 N–H and O–H groups in total. The van der Waals surface area contributed by atoms with Crippen molar-refractivity contribution in [3.05, 3.63) is 24.3 Å². The van der Waals surface area contributed by atoms with Crippen LogP contribution in [0, 0.1) is 0 Å². The second-order valence-corrected chi connectivity index (χ2v) is 4.49. The first-order chi connectivity index (χ1) is 9.44. The standard InChI is InChI=1S/C8H12.C5H4F6O2.2Cu/c1-2-4-6-8-7-5-3-1;1-2(6)3(7,8)4(9,10)5(11,12)13;;/h1-4H,5-8H2;2H,1H3;;/q;-2;2*+1. The molecule has 0 aromatic heterocycles. The molecule has 1 rings (SSSR count). The molecule has 0 aromatic rings. The first-order valence-electron chi connectivity index (χ1n) is 6.25. The Morgan fingerprint density at radius 1 is 0.870 bits per heavy atom. The van der Waals surface area contributed by atoms with Gasteiger partial charge >= 0.3 is 46.0 Å². The molecule has 2 nitrogen and oxygen atoms in total. The van der Waals surface area contributed by atoms with Crippen molar-refractivity contribution >= 4 is 0 Å². The van der Waals surface area contributed by atoms with Crippen LogP contribution in [0.4, 0.5) is 26.3 Å². The molecule has 0 bridgehead atoms. The fourth-order valence-corrected chi connectivity index (χ4v) is 1.32. The topological polar surface area (TPSA) is 46.1 Å². The van der Waals surface area contributed by atoms with Crippen molar-refractivity contribution in [1.29, 1.82) is 0 Å². The van der Waals surface area contributed by atoms with Gasteiger partial charge in [0.1, 0.15) is 0 Å². The molecule has 23 heavy (non-hydrogen) atoms. The van der Waals surface area contributed by atoms with Gasteiger partial charge in [-0.05, 0) is 32.6 Å². The van der Waals surface area contributed by atoms with Gasteiger partial charge in [0.15, 0.2) is 6.17 Å². The molecule has 10 heteroatoms. The van der Waals surface area contributed by atoms with Crippen LogP contribution in [0.3, 0.4) is 0 Å². The van der Waals surface area contributed by atoms with Gasteiger partial charge in [0.05, 0.1) is 0 Å². The van der Waals surface area contributed by atoms with Crippen molar-refractivity contribution in [2.45, 2.75) is 56.7 Å². The van der Waals surface area contributed by atoms with E-state index >= 15 is 0 Å². The molecule has 0 fully saturated rings. The smallest absolute Gasteiger partial charge is 0.834 e. The summed E-state index contributed by atoms with van der Waals surface area (Å²) in [5.41, 5.74) is 0. The fraction of sp³-hybridized carbons (Fsp3) is 0.692. The molecule has 1 aliphatic carbocycles. The maximum Gasteiger partial charge on any atom is 1.00 e. The third-order valence-corrected chi connectivity index (χ3v) is 2.67. The maximum absolute atomic E-state index is 12.1. The zero-order valence-corrected chi connectivity index (χ0v) is 13.8. The summed E-state index contributed by atoms with van der Waals surface area (Å²) in [5, 5.41) is 18.9. The Kier molecular flexibility index (Phi) is 14.0. The van der Waals surface area contributed by atoms with Crippen molar-refractivity contribution < 1.29 is 70.7 Å². The predicted octanol–water partition coefficient (Wildman–Crippen LogP) is 2.63. The Hall–Kier alpha value is 0.0190. The van der Waals surface area contributed by atoms with Gasteiger partial charge in [-0.25, -0.2) is 4.39 Å². The number of hydrogen-bond donors (Lipinski definition) is 0. The number of rotatable bonds is 3. The third-order valence-electron chi connectivity index (χ3n) is 2.67. The van der Waals surface area contributed by atoms with Crippen LogP contribution in [0.5, 0.6) is 0 Å². The summed E-state index contributed by atoms with van der Waals surface area (Å²) in [6, 6.07) is -5.96. The summed E-state index contributed by atoms with van der Waals surface area (Å²) in [5.74, 6) is -11.8. The maximum atomic E-state index is 12.1. The molecule has 0 radical (unpaired) electrons. The molecule has 0 aliphatic heterocycles. The van der Waals surface area contributed by atoms with Crippen LogP contribution < -0.4 is 10.2 Å². The van der Waals surface area contributed by atoms with Crippen LogP contribution in [0.15, 0.2) is 24.3 Å². The van der Waals surface area contributed by atoms with E-state index in [-0.39, 0.29) is 41.1 Å². The van der Waals surface area contributed by atoms with Crippen molar-refractivity contribution in [1.82, 2.24) is 0 Å². The zero-order chi connectivity index (χ0) is 16.7. The quantitative estimate of drug-likeness (QED) is 0.381. The number of halogens is 6. The molecule has 0 saturated heterocycles. The van der Waals surface area contributed by atoms with Crippen LogP contribution >= 0.6 is 0 Å². The summed E-state index contributed by atoms with van der Waals surface area (Å²) in [4.78, 5) is 0. The summed E-state index contributed by atoms with van der Waals surface area (Å²) >= 11 is 0. The summed E-state index contributed by atoms with van der Waals surface area (Å²) in [6.45, 7) is -0.0142. The number of alkyl halides is 6. The Labute approximate surface area is 152 Å². The van der Waals surface area contributed by atoms with E-state index < -0.39 is 24.1 Å². The van der Waals surface area contributed by atoms with Gasteiger partial charge in [-0.15, -0.1) is 0 Å². The Bertz CT molecular complexity index is 354. The molecule has 0 amide bonds. The second kappa shape index (κ2) is 11.6. The van der Waals surface area contributed by atoms with Crippen molar-refractivity contribution in [3.63, 3.8) is 0 Å². The number of hydrogen-bond acceptors (Lipinski definition) is 2. The molecule has 1 atom stereocenters. The molecule has 144 valence electrons. The molecule has 1 unspecified atom stereocenters. The fourth-order valence-electron chi connectivity index (χ4n) is 1.32. The summed E-state index contributed by atoms with van der Waals surface area (Å²) < 4.78 is 71.4. The molecule has 0 spiro atoms. The molecule has 0 aromatic carbocycles. The SMILES string of the molecule is C1=CCCCCC=C1.CC(F)C(F)(F)C(F)(F)C([O-])([O-])F.[Cu+].[Cu+]. The van der Waals surface area contributed by atoms with Gasteiger partial charge in [0.25, 0.3) is 0 Å². The van der Waals surface area contributed by atoms with Crippen LogP contribution in [0.2, 0.25) is 0 Å². The van der Waals surface area contributed by atoms with E-state index in [4.69, 9.17) is 0 Å². The first kappa shape index (κ1) is 27.8. The van der Waals surface area contributed by atoms with Crippen LogP contribution in [-0.2, 0) is 34.1 Å². The van der Waals surface area contributed by atoms with Crippen LogP contribution in [-0.4, -0.2) is 24.1 Å². The van der Waals surface area contributed by atoms with Crippen molar-refractivity contribution in [2.24, 2.45) is 0 Å². The average Bonchev–Trinajstić information content (AvgIpc) is 2.26. The second-order valence-electron chi connectivity index (χ2n) is 4.49. The van der Waals surface area contributed by atoms with Crippen molar-refractivity contribution in [3.8, 4) is 0 Å². The first-order valence-corrected chi connectivity index (χ1v) is 6.25. The Morgan fingerprint density at radius 3 is 1.43 bits per heavy atom. The summed E-state index contributed by atoms with van der Waals surface area (Å²) in [7, 11) is 0. The van der Waals surface area contributed by atoms with Crippen LogP contribution in [0.25, 0.3) is 0 Å². The van der Waals surface area contributed by atoms with Gasteiger partial charge in [-0.1, -0.05) is 24.3 Å². The van der Waals surface area contributed by atoms with E-state index in [0.29, 0.717) is 0 Å². The normalized spacial score (nSPS) is 16.7. The minimum absolute atomic E-state index is 0. The van der Waals surface area contributed by atoms with Gasteiger partial charge in [-0.2, -0.15) is 17.6 Å². The van der Waals surface area contributed by atoms with E-state index in [1.54, 1.807) is 0 Å². The molecule has 0 heterocycles. The van der Waals surface area contributed by atoms with Crippen LogP contribution in [0.1, 0.15) is 32.6 Å². The largest absolute Gasteiger partial charge is 1.00 e. The van der Waals surface area contributed by atoms with Gasteiger partial charge in [-0.3, -0.25) is 4.39 Å². The Balaban J connectivity index is -0.000000347. The Morgan fingerprint density at radius 2 is 1.22 bits per heavy atom. The van der Waals surface area contributed by atoms with E-state index in [1.807, 2.05) is 0 Å². The van der Waals surface area contributed by atoms with Crippen molar-refractivity contribution in [2.75, 3.05) is 0 Å². The van der Waals surface area contributed by atoms with Gasteiger partial charge in [0.2, 0.25) is 0 Å². The van der Waals surface area contributed by atoms with Gasteiger partial charge < -0.3 is 10.2 Å². The summed E-state index contributed by atoms with van der Waals surface area (Å²) in [6.07, 6.45) is 10.5. The minimum Gasteiger partial charge on any atom is -0.834 e. The van der Waals surface area contributed by atoms with E-state index in [2.05, 4.69) is 24.3 Å².